The van der Waals surface area contributed by atoms with E-state index in [9.17, 15) is 4.79 Å². The van der Waals surface area contributed by atoms with E-state index in [4.69, 9.17) is 10.8 Å². The Kier molecular flexibility index (Phi) is 1.30. The van der Waals surface area contributed by atoms with Crippen LogP contribution in [-0.4, -0.2) is 30.9 Å². The summed E-state index contributed by atoms with van der Waals surface area (Å²) >= 11 is 0. The molecule has 0 radical (unpaired) electrons. The fourth-order valence-corrected chi connectivity index (χ4v) is 1.11. The van der Waals surface area contributed by atoms with Gasteiger partial charge in [0.05, 0.1) is 0 Å². The molecule has 0 amide bonds. The molecule has 0 bridgehead atoms. The molecule has 0 fully saturated rings. The van der Waals surface area contributed by atoms with Crippen molar-refractivity contribution in [1.29, 1.82) is 0 Å². The molecular weight excluding hydrogens is 174 g/mol. The SMILES string of the molecule is Cc1nc2c(N)c(C(=O)O)[nH]n2n1. The molecule has 0 aliphatic heterocycles. The van der Waals surface area contributed by atoms with E-state index in [1.54, 1.807) is 6.92 Å². The van der Waals surface area contributed by atoms with Gasteiger partial charge in [0, 0.05) is 0 Å². The van der Waals surface area contributed by atoms with E-state index in [2.05, 4.69) is 15.2 Å². The summed E-state index contributed by atoms with van der Waals surface area (Å²) in [6.45, 7) is 1.70. The van der Waals surface area contributed by atoms with Gasteiger partial charge in [0.2, 0.25) is 0 Å². The third-order valence-corrected chi connectivity index (χ3v) is 1.65. The molecule has 0 saturated heterocycles. The van der Waals surface area contributed by atoms with Crippen LogP contribution in [0.15, 0.2) is 0 Å². The first-order chi connectivity index (χ1) is 6.09. The standard InChI is InChI=1S/C6H7N5O2/c1-2-8-5-3(7)4(6(12)13)10-11(5)9-2/h10H,7H2,1H3,(H,12,13). The number of carbonyl (C=O) groups is 1. The number of rotatable bonds is 1. The molecule has 4 N–H and O–H groups in total. The van der Waals surface area contributed by atoms with E-state index in [-0.39, 0.29) is 11.4 Å². The number of aromatic nitrogens is 4. The molecular formula is C6H7N5O2. The number of aryl methyl sites for hydroxylation is 1. The molecule has 0 saturated carbocycles. The van der Waals surface area contributed by atoms with Crippen molar-refractivity contribution in [2.45, 2.75) is 6.92 Å². The Bertz CT molecular complexity index is 482. The summed E-state index contributed by atoms with van der Waals surface area (Å²) in [5.74, 6) is -0.586. The molecule has 0 unspecified atom stereocenters. The number of nitrogens with zero attached hydrogens (tertiary/aromatic N) is 3. The predicted molar refractivity (Wildman–Crippen MR) is 43.4 cm³/mol. The Labute approximate surface area is 72.2 Å². The van der Waals surface area contributed by atoms with Gasteiger partial charge in [-0.15, -0.1) is 5.10 Å². The van der Waals surface area contributed by atoms with Crippen LogP contribution in [0.1, 0.15) is 16.3 Å². The molecule has 2 rings (SSSR count). The van der Waals surface area contributed by atoms with Crippen molar-refractivity contribution in [3.63, 3.8) is 0 Å². The molecule has 2 heterocycles. The second-order valence-corrected chi connectivity index (χ2v) is 2.60. The third kappa shape index (κ3) is 0.934. The van der Waals surface area contributed by atoms with Gasteiger partial charge in [0.25, 0.3) is 0 Å². The Morgan fingerprint density at radius 2 is 2.38 bits per heavy atom. The number of hydrogen-bond acceptors (Lipinski definition) is 4. The fraction of sp³-hybridized carbons (Fsp3) is 0.167. The molecule has 7 heteroatoms. The molecule has 0 aliphatic rings. The second kappa shape index (κ2) is 2.22. The van der Waals surface area contributed by atoms with E-state index >= 15 is 0 Å². The average molecular weight is 181 g/mol. The van der Waals surface area contributed by atoms with Crippen LogP contribution in [0.3, 0.4) is 0 Å². The number of nitrogens with one attached hydrogen (secondary N) is 1. The van der Waals surface area contributed by atoms with Gasteiger partial charge in [0.15, 0.2) is 11.3 Å². The van der Waals surface area contributed by atoms with Crippen molar-refractivity contribution in [3.8, 4) is 0 Å². The Morgan fingerprint density at radius 1 is 1.69 bits per heavy atom. The maximum absolute atomic E-state index is 10.6. The normalized spacial score (nSPS) is 10.8. The summed E-state index contributed by atoms with van der Waals surface area (Å²) in [4.78, 5) is 14.5. The summed E-state index contributed by atoms with van der Waals surface area (Å²) in [5, 5.41) is 15.1. The topological polar surface area (TPSA) is 109 Å². The molecule has 7 nitrogen and oxygen atoms in total. The summed E-state index contributed by atoms with van der Waals surface area (Å²) < 4.78 is 1.24. The molecule has 0 atom stereocenters. The van der Waals surface area contributed by atoms with Crippen LogP contribution in [-0.2, 0) is 0 Å². The number of anilines is 1. The number of nitrogen functional groups attached to an aromatic ring is 1. The first kappa shape index (κ1) is 7.59. The number of hydrogen-bond donors (Lipinski definition) is 3. The minimum atomic E-state index is -1.12. The van der Waals surface area contributed by atoms with Gasteiger partial charge in [0.1, 0.15) is 11.5 Å². The molecule has 68 valence electrons. The van der Waals surface area contributed by atoms with Gasteiger partial charge in [-0.3, -0.25) is 5.10 Å². The number of aromatic carboxylic acids is 1. The van der Waals surface area contributed by atoms with Crippen molar-refractivity contribution in [2.24, 2.45) is 0 Å². The second-order valence-electron chi connectivity index (χ2n) is 2.60. The van der Waals surface area contributed by atoms with Crippen LogP contribution in [0.5, 0.6) is 0 Å². The first-order valence-electron chi connectivity index (χ1n) is 3.53. The number of carboxylic acid groups (broad SMARTS) is 1. The monoisotopic (exact) mass is 181 g/mol. The minimum Gasteiger partial charge on any atom is -0.476 e. The van der Waals surface area contributed by atoms with Gasteiger partial charge >= 0.3 is 5.97 Å². The Morgan fingerprint density at radius 3 is 2.92 bits per heavy atom. The zero-order valence-electron chi connectivity index (χ0n) is 6.77. The van der Waals surface area contributed by atoms with E-state index in [1.165, 1.54) is 4.63 Å². The molecule has 2 aromatic heterocycles. The molecule has 0 aliphatic carbocycles. The number of carboxylic acids is 1. The van der Waals surface area contributed by atoms with Crippen LogP contribution in [0, 0.1) is 6.92 Å². The summed E-state index contributed by atoms with van der Waals surface area (Å²) in [6, 6.07) is 0. The lowest BCUT2D eigenvalue weighted by atomic mass is 10.4. The third-order valence-electron chi connectivity index (χ3n) is 1.65. The zero-order valence-corrected chi connectivity index (χ0v) is 6.77. The van der Waals surface area contributed by atoms with Crippen LogP contribution >= 0.6 is 0 Å². The van der Waals surface area contributed by atoms with Gasteiger partial charge < -0.3 is 10.8 Å². The molecule has 0 aromatic carbocycles. The summed E-state index contributed by atoms with van der Waals surface area (Å²) in [7, 11) is 0. The number of fused-ring (bicyclic) bond motifs is 1. The Balaban J connectivity index is 2.76. The summed E-state index contributed by atoms with van der Waals surface area (Å²) in [5.41, 5.74) is 5.88. The lowest BCUT2D eigenvalue weighted by Gasteiger charge is -1.88. The largest absolute Gasteiger partial charge is 0.476 e. The highest BCUT2D eigenvalue weighted by Gasteiger charge is 2.16. The fourth-order valence-electron chi connectivity index (χ4n) is 1.11. The first-order valence-corrected chi connectivity index (χ1v) is 3.53. The van der Waals surface area contributed by atoms with Crippen LogP contribution in [0.4, 0.5) is 5.69 Å². The number of H-pyrrole nitrogens is 1. The van der Waals surface area contributed by atoms with Crippen molar-refractivity contribution in [2.75, 3.05) is 5.73 Å². The highest BCUT2D eigenvalue weighted by molar-refractivity contribution is 5.95. The van der Waals surface area contributed by atoms with Gasteiger partial charge in [-0.05, 0) is 6.92 Å². The van der Waals surface area contributed by atoms with Crippen LogP contribution in [0.25, 0.3) is 5.65 Å². The van der Waals surface area contributed by atoms with Gasteiger partial charge in [-0.2, -0.15) is 4.63 Å². The predicted octanol–water partition coefficient (Wildman–Crippen LogP) is -0.354. The quantitative estimate of drug-likeness (QED) is 0.556. The highest BCUT2D eigenvalue weighted by Crippen LogP contribution is 2.15. The lowest BCUT2D eigenvalue weighted by molar-refractivity contribution is 0.0691. The van der Waals surface area contributed by atoms with Crippen LogP contribution in [0.2, 0.25) is 0 Å². The smallest absolute Gasteiger partial charge is 0.356 e. The average Bonchev–Trinajstić information content (AvgIpc) is 2.51. The summed E-state index contributed by atoms with van der Waals surface area (Å²) in [6.07, 6.45) is 0. The van der Waals surface area contributed by atoms with E-state index < -0.39 is 5.97 Å². The molecule has 0 spiro atoms. The highest BCUT2D eigenvalue weighted by atomic mass is 16.4. The maximum atomic E-state index is 10.6. The molecule has 2 aromatic rings. The lowest BCUT2D eigenvalue weighted by Crippen LogP contribution is -2.02. The van der Waals surface area contributed by atoms with Crippen LogP contribution < -0.4 is 5.73 Å². The van der Waals surface area contributed by atoms with E-state index in [1.807, 2.05) is 0 Å². The molecule has 13 heavy (non-hydrogen) atoms. The minimum absolute atomic E-state index is 0.0880. The zero-order chi connectivity index (χ0) is 9.59. The Hall–Kier alpha value is -2.05. The van der Waals surface area contributed by atoms with E-state index in [0.717, 1.165) is 0 Å². The van der Waals surface area contributed by atoms with Crippen molar-refractivity contribution in [1.82, 2.24) is 19.8 Å². The van der Waals surface area contributed by atoms with Crippen molar-refractivity contribution in [3.05, 3.63) is 11.5 Å². The maximum Gasteiger partial charge on any atom is 0.356 e. The van der Waals surface area contributed by atoms with E-state index in [0.29, 0.717) is 11.5 Å². The number of aromatic amines is 1. The van der Waals surface area contributed by atoms with Gasteiger partial charge in [-0.25, -0.2) is 9.78 Å². The number of nitrogens with two attached hydrogens (primary N) is 1. The van der Waals surface area contributed by atoms with Gasteiger partial charge in [-0.1, -0.05) is 0 Å². The van der Waals surface area contributed by atoms with Crippen molar-refractivity contribution >= 4 is 17.3 Å². The van der Waals surface area contributed by atoms with Crippen molar-refractivity contribution < 1.29 is 9.90 Å².